The fourth-order valence-electron chi connectivity index (χ4n) is 4.24. The van der Waals surface area contributed by atoms with Gasteiger partial charge < -0.3 is 40.8 Å². The van der Waals surface area contributed by atoms with E-state index < -0.39 is 66.0 Å². The van der Waals surface area contributed by atoms with Crippen LogP contribution in [0.15, 0.2) is 60.0 Å². The van der Waals surface area contributed by atoms with Gasteiger partial charge in [-0.2, -0.15) is 0 Å². The molecule has 3 rings (SSSR count). The SMILES string of the molecule is CC(C)(C)OC(=O)C[C@H](NC(=O)CNC(=O)c1csc(NC(=O)NCc2ccccc2)n1)C(=O)Nc1ccc(OCCCNC(=O)OC(C)(C)C)cc1. The summed E-state index contributed by atoms with van der Waals surface area (Å²) in [5, 5.41) is 17.1. The number of nitrogens with zero attached hydrogens (tertiary/aromatic N) is 1. The molecule has 1 atom stereocenters. The molecule has 0 unspecified atom stereocenters. The summed E-state index contributed by atoms with van der Waals surface area (Å²) < 4.78 is 16.2. The van der Waals surface area contributed by atoms with Gasteiger partial charge in [-0.25, -0.2) is 14.6 Å². The van der Waals surface area contributed by atoms with E-state index in [0.717, 1.165) is 16.9 Å². The minimum Gasteiger partial charge on any atom is -0.494 e. The lowest BCUT2D eigenvalue weighted by Gasteiger charge is -2.22. The molecule has 0 fully saturated rings. The highest BCUT2D eigenvalue weighted by atomic mass is 32.1. The molecule has 16 nitrogen and oxygen atoms in total. The Morgan fingerprint density at radius 2 is 1.49 bits per heavy atom. The van der Waals surface area contributed by atoms with E-state index >= 15 is 0 Å². The number of thiazole rings is 1. The van der Waals surface area contributed by atoms with Crippen molar-refractivity contribution < 1.29 is 43.0 Å². The van der Waals surface area contributed by atoms with E-state index in [4.69, 9.17) is 14.2 Å². The van der Waals surface area contributed by atoms with E-state index in [9.17, 15) is 28.8 Å². The summed E-state index contributed by atoms with van der Waals surface area (Å²) in [6, 6.07) is 13.9. The maximum Gasteiger partial charge on any atom is 0.407 e. The molecule has 0 saturated heterocycles. The van der Waals surface area contributed by atoms with Gasteiger partial charge in [0, 0.05) is 24.2 Å². The lowest BCUT2D eigenvalue weighted by molar-refractivity contribution is -0.156. The molecule has 6 amide bonds. The van der Waals surface area contributed by atoms with Gasteiger partial charge >= 0.3 is 18.1 Å². The summed E-state index contributed by atoms with van der Waals surface area (Å²) in [6.45, 7) is 10.8. The number of urea groups is 1. The van der Waals surface area contributed by atoms with Crippen molar-refractivity contribution in [3.63, 3.8) is 0 Å². The number of nitrogens with one attached hydrogen (secondary N) is 6. The van der Waals surface area contributed by atoms with E-state index in [2.05, 4.69) is 36.9 Å². The van der Waals surface area contributed by atoms with Crippen LogP contribution in [-0.2, 0) is 30.4 Å². The van der Waals surface area contributed by atoms with Crippen LogP contribution in [0.1, 0.15) is 70.4 Å². The number of carbonyl (C=O) groups excluding carboxylic acids is 6. The standard InChI is InChI=1S/C36H47N7O9S/c1-35(2,3)51-29(45)19-26(31(47)40-24-13-15-25(16-14-24)50-18-10-17-37-34(49)52-36(4,5)6)41-28(44)21-38-30(46)27-22-53-33(42-27)43-32(48)39-20-23-11-8-7-9-12-23/h7-9,11-16,22,26H,10,17-21H2,1-6H3,(H,37,49)(H,38,46)(H,40,47)(H,41,44)(H2,39,42,43,48)/t26-/m0/s1. The first-order chi connectivity index (χ1) is 25.0. The molecule has 0 spiro atoms. The fraction of sp³-hybridized carbons (Fsp3) is 0.417. The lowest BCUT2D eigenvalue weighted by atomic mass is 10.1. The van der Waals surface area contributed by atoms with Gasteiger partial charge in [-0.05, 0) is 77.8 Å². The van der Waals surface area contributed by atoms with Crippen molar-refractivity contribution in [3.05, 3.63) is 71.2 Å². The first kappa shape index (κ1) is 41.7. The van der Waals surface area contributed by atoms with Crippen LogP contribution < -0.4 is 36.6 Å². The number of alkyl carbamates (subject to hydrolysis) is 1. The minimum absolute atomic E-state index is 0.0332. The maximum atomic E-state index is 13.3. The molecule has 0 radical (unpaired) electrons. The topological polar surface area (TPSA) is 215 Å². The molecule has 0 aliphatic rings. The number of hydrogen-bond acceptors (Lipinski definition) is 11. The number of ether oxygens (including phenoxy) is 3. The van der Waals surface area contributed by atoms with Crippen LogP contribution in [0.3, 0.4) is 0 Å². The van der Waals surface area contributed by atoms with Gasteiger partial charge in [0.05, 0.1) is 19.6 Å². The Balaban J connectivity index is 1.49. The van der Waals surface area contributed by atoms with E-state index in [1.807, 2.05) is 30.3 Å². The van der Waals surface area contributed by atoms with Crippen LogP contribution >= 0.6 is 11.3 Å². The smallest absolute Gasteiger partial charge is 0.407 e. The van der Waals surface area contributed by atoms with Gasteiger partial charge in [0.15, 0.2) is 5.13 Å². The van der Waals surface area contributed by atoms with Gasteiger partial charge in [-0.15, -0.1) is 11.3 Å². The van der Waals surface area contributed by atoms with Gasteiger partial charge in [-0.3, -0.25) is 24.5 Å². The normalized spacial score (nSPS) is 11.7. The van der Waals surface area contributed by atoms with Crippen molar-refractivity contribution in [2.45, 2.75) is 78.2 Å². The van der Waals surface area contributed by atoms with Crippen LogP contribution in [0.25, 0.3) is 0 Å². The molecule has 2 aromatic carbocycles. The first-order valence-electron chi connectivity index (χ1n) is 16.8. The number of hydrogen-bond donors (Lipinski definition) is 6. The van der Waals surface area contributed by atoms with Crippen LogP contribution in [-0.4, -0.2) is 77.7 Å². The maximum absolute atomic E-state index is 13.3. The zero-order valence-corrected chi connectivity index (χ0v) is 31.4. The number of aromatic nitrogens is 1. The number of rotatable bonds is 16. The van der Waals surface area contributed by atoms with E-state index in [0.29, 0.717) is 37.6 Å². The highest BCUT2D eigenvalue weighted by Crippen LogP contribution is 2.18. The van der Waals surface area contributed by atoms with E-state index in [1.54, 1.807) is 65.8 Å². The average molecular weight is 754 g/mol. The van der Waals surface area contributed by atoms with Crippen molar-refractivity contribution in [2.24, 2.45) is 0 Å². The summed E-state index contributed by atoms with van der Waals surface area (Å²) in [5.74, 6) is -2.34. The Bertz CT molecular complexity index is 1700. The summed E-state index contributed by atoms with van der Waals surface area (Å²) in [7, 11) is 0. The third-order valence-electron chi connectivity index (χ3n) is 6.49. The van der Waals surface area contributed by atoms with E-state index in [1.165, 1.54) is 5.38 Å². The quantitative estimate of drug-likeness (QED) is 0.0899. The Morgan fingerprint density at radius 1 is 0.811 bits per heavy atom. The van der Waals surface area contributed by atoms with Gasteiger partial charge in [0.25, 0.3) is 5.91 Å². The van der Waals surface area contributed by atoms with Crippen molar-refractivity contribution in [1.82, 2.24) is 26.3 Å². The number of anilines is 2. The predicted molar refractivity (Wildman–Crippen MR) is 199 cm³/mol. The van der Waals surface area contributed by atoms with Crippen molar-refractivity contribution >= 4 is 58.0 Å². The molecule has 0 aliphatic carbocycles. The molecule has 0 saturated carbocycles. The van der Waals surface area contributed by atoms with Crippen molar-refractivity contribution in [3.8, 4) is 5.75 Å². The second kappa shape index (κ2) is 19.8. The molecule has 17 heteroatoms. The zero-order valence-electron chi connectivity index (χ0n) is 30.6. The van der Waals surface area contributed by atoms with Crippen molar-refractivity contribution in [2.75, 3.05) is 30.3 Å². The molecular weight excluding hydrogens is 707 g/mol. The second-order valence-electron chi connectivity index (χ2n) is 13.6. The van der Waals surface area contributed by atoms with Gasteiger partial charge in [-0.1, -0.05) is 30.3 Å². The number of carbonyl (C=O) groups is 6. The summed E-state index contributed by atoms with van der Waals surface area (Å²) in [4.78, 5) is 79.5. The van der Waals surface area contributed by atoms with Gasteiger partial charge in [0.1, 0.15) is 28.7 Å². The van der Waals surface area contributed by atoms with Crippen LogP contribution in [0.2, 0.25) is 0 Å². The minimum atomic E-state index is -1.34. The highest BCUT2D eigenvalue weighted by molar-refractivity contribution is 7.14. The highest BCUT2D eigenvalue weighted by Gasteiger charge is 2.27. The third-order valence-corrected chi connectivity index (χ3v) is 7.24. The molecule has 0 bridgehead atoms. The third kappa shape index (κ3) is 16.9. The monoisotopic (exact) mass is 753 g/mol. The van der Waals surface area contributed by atoms with Crippen LogP contribution in [0.5, 0.6) is 5.75 Å². The number of benzene rings is 2. The molecule has 286 valence electrons. The Morgan fingerprint density at radius 3 is 2.15 bits per heavy atom. The molecule has 1 aromatic heterocycles. The second-order valence-corrected chi connectivity index (χ2v) is 14.4. The Hall–Kier alpha value is -5.71. The number of esters is 1. The van der Waals surface area contributed by atoms with E-state index in [-0.39, 0.29) is 10.8 Å². The molecule has 1 heterocycles. The van der Waals surface area contributed by atoms with Crippen molar-refractivity contribution in [1.29, 1.82) is 0 Å². The van der Waals surface area contributed by atoms with Gasteiger partial charge in [0.2, 0.25) is 11.8 Å². The summed E-state index contributed by atoms with van der Waals surface area (Å²) in [5.41, 5.74) is -0.177. The molecule has 53 heavy (non-hydrogen) atoms. The Labute approximate surface area is 312 Å². The predicted octanol–water partition coefficient (Wildman–Crippen LogP) is 4.34. The number of amides is 6. The molecule has 0 aliphatic heterocycles. The summed E-state index contributed by atoms with van der Waals surface area (Å²) >= 11 is 1.02. The van der Waals surface area contributed by atoms with Crippen LogP contribution in [0, 0.1) is 0 Å². The fourth-order valence-corrected chi connectivity index (χ4v) is 4.93. The molecular formula is C36H47N7O9S. The zero-order chi connectivity index (χ0) is 39.0. The Kier molecular flexibility index (Phi) is 15.6. The average Bonchev–Trinajstić information content (AvgIpc) is 3.54. The molecule has 3 aromatic rings. The van der Waals surface area contributed by atoms with Crippen LogP contribution in [0.4, 0.5) is 20.4 Å². The summed E-state index contributed by atoms with van der Waals surface area (Å²) in [6.07, 6.45) is -0.459. The largest absolute Gasteiger partial charge is 0.494 e. The lowest BCUT2D eigenvalue weighted by Crippen LogP contribution is -2.49. The first-order valence-corrected chi connectivity index (χ1v) is 17.7. The molecule has 6 N–H and O–H groups in total.